The van der Waals surface area contributed by atoms with Gasteiger partial charge in [0.15, 0.2) is 11.6 Å². The minimum atomic E-state index is 0.700. The molecule has 1 fully saturated rings. The molecule has 0 aliphatic heterocycles. The average Bonchev–Trinajstić information content (AvgIpc) is 3.19. The lowest BCUT2D eigenvalue weighted by atomic mass is 10.2. The molecular formula is C13H22N4O. The fourth-order valence-electron chi connectivity index (χ4n) is 1.99. The van der Waals surface area contributed by atoms with Gasteiger partial charge in [-0.3, -0.25) is 0 Å². The SMILES string of the molecule is CCNc1ncnc(NCCCC2CC2)c1OC. The van der Waals surface area contributed by atoms with E-state index in [1.807, 2.05) is 6.92 Å². The van der Waals surface area contributed by atoms with Crippen LogP contribution in [0.1, 0.15) is 32.6 Å². The Morgan fingerprint density at radius 2 is 2.00 bits per heavy atom. The maximum absolute atomic E-state index is 5.37. The Hall–Kier alpha value is -1.52. The molecule has 0 atom stereocenters. The lowest BCUT2D eigenvalue weighted by Crippen LogP contribution is -2.09. The summed E-state index contributed by atoms with van der Waals surface area (Å²) in [4.78, 5) is 8.42. The van der Waals surface area contributed by atoms with Crippen molar-refractivity contribution in [3.8, 4) is 5.75 Å². The van der Waals surface area contributed by atoms with Gasteiger partial charge in [0.2, 0.25) is 5.75 Å². The van der Waals surface area contributed by atoms with Crippen molar-refractivity contribution < 1.29 is 4.74 Å². The number of anilines is 2. The fourth-order valence-corrected chi connectivity index (χ4v) is 1.99. The summed E-state index contributed by atoms with van der Waals surface area (Å²) in [6, 6.07) is 0. The Balaban J connectivity index is 1.90. The smallest absolute Gasteiger partial charge is 0.204 e. The van der Waals surface area contributed by atoms with Crippen molar-refractivity contribution in [2.45, 2.75) is 32.6 Å². The highest BCUT2D eigenvalue weighted by Gasteiger charge is 2.20. The lowest BCUT2D eigenvalue weighted by Gasteiger charge is -2.13. The number of nitrogens with one attached hydrogen (secondary N) is 2. The standard InChI is InChI=1S/C13H22N4O/c1-3-14-12-11(18-2)13(17-9-16-12)15-8-4-5-10-6-7-10/h9-10H,3-8H2,1-2H3,(H2,14,15,16,17). The lowest BCUT2D eigenvalue weighted by molar-refractivity contribution is 0.414. The molecule has 0 amide bonds. The number of nitrogens with zero attached hydrogens (tertiary/aromatic N) is 2. The van der Waals surface area contributed by atoms with E-state index in [-0.39, 0.29) is 0 Å². The Kier molecular flexibility index (Phi) is 4.61. The summed E-state index contributed by atoms with van der Waals surface area (Å²) >= 11 is 0. The normalized spacial score (nSPS) is 14.3. The molecule has 2 rings (SSSR count). The number of aromatic nitrogens is 2. The monoisotopic (exact) mass is 250 g/mol. The summed E-state index contributed by atoms with van der Waals surface area (Å²) in [6.07, 6.45) is 6.90. The van der Waals surface area contributed by atoms with E-state index in [4.69, 9.17) is 4.74 Å². The first-order chi connectivity index (χ1) is 8.85. The van der Waals surface area contributed by atoms with E-state index in [1.54, 1.807) is 13.4 Å². The van der Waals surface area contributed by atoms with Crippen molar-refractivity contribution in [3.05, 3.63) is 6.33 Å². The number of ether oxygens (including phenoxy) is 1. The van der Waals surface area contributed by atoms with Crippen molar-refractivity contribution in [2.24, 2.45) is 5.92 Å². The van der Waals surface area contributed by atoms with E-state index >= 15 is 0 Å². The molecule has 0 spiro atoms. The molecule has 1 saturated carbocycles. The maximum atomic E-state index is 5.37. The second-order valence-electron chi connectivity index (χ2n) is 4.65. The highest BCUT2D eigenvalue weighted by atomic mass is 16.5. The summed E-state index contributed by atoms with van der Waals surface area (Å²) in [6.45, 7) is 3.79. The Morgan fingerprint density at radius 1 is 1.28 bits per heavy atom. The van der Waals surface area contributed by atoms with Gasteiger partial charge in [-0.05, 0) is 25.7 Å². The Labute approximate surface area is 108 Å². The quantitative estimate of drug-likeness (QED) is 0.694. The van der Waals surface area contributed by atoms with Crippen molar-refractivity contribution in [1.82, 2.24) is 9.97 Å². The molecule has 1 aromatic rings. The van der Waals surface area contributed by atoms with Gasteiger partial charge in [-0.2, -0.15) is 0 Å². The van der Waals surface area contributed by atoms with Gasteiger partial charge >= 0.3 is 0 Å². The second-order valence-corrected chi connectivity index (χ2v) is 4.65. The van der Waals surface area contributed by atoms with Crippen LogP contribution in [0.3, 0.4) is 0 Å². The average molecular weight is 250 g/mol. The van der Waals surface area contributed by atoms with E-state index in [1.165, 1.54) is 25.7 Å². The summed E-state index contributed by atoms with van der Waals surface area (Å²) in [5, 5.41) is 6.50. The van der Waals surface area contributed by atoms with Crippen LogP contribution in [0.25, 0.3) is 0 Å². The van der Waals surface area contributed by atoms with E-state index in [9.17, 15) is 0 Å². The third-order valence-corrected chi connectivity index (χ3v) is 3.13. The summed E-state index contributed by atoms with van der Waals surface area (Å²) in [5.74, 6) is 3.21. The third-order valence-electron chi connectivity index (χ3n) is 3.13. The van der Waals surface area contributed by atoms with Crippen LogP contribution in [0.2, 0.25) is 0 Å². The zero-order valence-corrected chi connectivity index (χ0v) is 11.2. The Bertz CT molecular complexity index is 379. The minimum Gasteiger partial charge on any atom is -0.490 e. The van der Waals surface area contributed by atoms with E-state index in [0.29, 0.717) is 5.75 Å². The van der Waals surface area contributed by atoms with E-state index in [0.717, 1.165) is 30.6 Å². The van der Waals surface area contributed by atoms with Gasteiger partial charge in [0.05, 0.1) is 7.11 Å². The molecule has 5 heteroatoms. The predicted octanol–water partition coefficient (Wildman–Crippen LogP) is 2.52. The van der Waals surface area contributed by atoms with Crippen LogP contribution in [0.4, 0.5) is 11.6 Å². The van der Waals surface area contributed by atoms with Gasteiger partial charge in [0.1, 0.15) is 6.33 Å². The van der Waals surface area contributed by atoms with Gasteiger partial charge < -0.3 is 15.4 Å². The predicted molar refractivity (Wildman–Crippen MR) is 73.2 cm³/mol. The molecule has 100 valence electrons. The molecule has 1 aromatic heterocycles. The molecule has 5 nitrogen and oxygen atoms in total. The van der Waals surface area contributed by atoms with Crippen LogP contribution in [-0.2, 0) is 0 Å². The van der Waals surface area contributed by atoms with Crippen molar-refractivity contribution in [2.75, 3.05) is 30.8 Å². The second kappa shape index (κ2) is 6.42. The van der Waals surface area contributed by atoms with E-state index in [2.05, 4.69) is 20.6 Å². The van der Waals surface area contributed by atoms with Gasteiger partial charge in [-0.15, -0.1) is 0 Å². The largest absolute Gasteiger partial charge is 0.490 e. The van der Waals surface area contributed by atoms with Crippen molar-refractivity contribution in [3.63, 3.8) is 0 Å². The first-order valence-electron chi connectivity index (χ1n) is 6.71. The van der Waals surface area contributed by atoms with Gasteiger partial charge in [0.25, 0.3) is 0 Å². The number of rotatable bonds is 8. The number of hydrogen-bond acceptors (Lipinski definition) is 5. The highest BCUT2D eigenvalue weighted by molar-refractivity contribution is 5.63. The van der Waals surface area contributed by atoms with Crippen LogP contribution >= 0.6 is 0 Å². The van der Waals surface area contributed by atoms with Crippen molar-refractivity contribution in [1.29, 1.82) is 0 Å². The van der Waals surface area contributed by atoms with Gasteiger partial charge in [0, 0.05) is 13.1 Å². The van der Waals surface area contributed by atoms with Crippen LogP contribution in [0, 0.1) is 5.92 Å². The molecule has 0 radical (unpaired) electrons. The molecule has 18 heavy (non-hydrogen) atoms. The molecule has 0 saturated heterocycles. The molecule has 1 aliphatic carbocycles. The molecule has 2 N–H and O–H groups in total. The number of hydrogen-bond donors (Lipinski definition) is 2. The molecule has 0 bridgehead atoms. The van der Waals surface area contributed by atoms with Gasteiger partial charge in [-0.1, -0.05) is 12.8 Å². The first-order valence-corrected chi connectivity index (χ1v) is 6.71. The van der Waals surface area contributed by atoms with Crippen LogP contribution in [0.15, 0.2) is 6.33 Å². The summed E-state index contributed by atoms with van der Waals surface area (Å²) in [5.41, 5.74) is 0. The van der Waals surface area contributed by atoms with Crippen LogP contribution in [-0.4, -0.2) is 30.2 Å². The minimum absolute atomic E-state index is 0.700. The summed E-state index contributed by atoms with van der Waals surface area (Å²) in [7, 11) is 1.65. The molecule has 0 aromatic carbocycles. The highest BCUT2D eigenvalue weighted by Crippen LogP contribution is 2.33. The maximum Gasteiger partial charge on any atom is 0.204 e. The summed E-state index contributed by atoms with van der Waals surface area (Å²) < 4.78 is 5.37. The molecule has 1 aliphatic rings. The Morgan fingerprint density at radius 3 is 2.61 bits per heavy atom. The topological polar surface area (TPSA) is 59.1 Å². The first kappa shape index (κ1) is 12.9. The van der Waals surface area contributed by atoms with Crippen LogP contribution in [0.5, 0.6) is 5.75 Å². The van der Waals surface area contributed by atoms with Crippen molar-refractivity contribution >= 4 is 11.6 Å². The third kappa shape index (κ3) is 3.48. The number of methoxy groups -OCH3 is 1. The van der Waals surface area contributed by atoms with Gasteiger partial charge in [-0.25, -0.2) is 9.97 Å². The zero-order valence-electron chi connectivity index (χ0n) is 11.2. The van der Waals surface area contributed by atoms with E-state index < -0.39 is 0 Å². The molecular weight excluding hydrogens is 228 g/mol. The zero-order chi connectivity index (χ0) is 12.8. The fraction of sp³-hybridized carbons (Fsp3) is 0.692. The molecule has 1 heterocycles. The molecule has 0 unspecified atom stereocenters. The van der Waals surface area contributed by atoms with Crippen LogP contribution < -0.4 is 15.4 Å².